The van der Waals surface area contributed by atoms with Crippen LogP contribution in [0.3, 0.4) is 0 Å². The number of nitriles is 1. The lowest BCUT2D eigenvalue weighted by atomic mass is 10.4. The Bertz CT molecular complexity index is 565. The Kier molecular flexibility index (Phi) is 2.69. The molecule has 0 saturated heterocycles. The molecule has 0 aliphatic heterocycles. The number of nitrogens with zero attached hydrogens (tertiary/aromatic N) is 2. The van der Waals surface area contributed by atoms with Crippen molar-refractivity contribution in [1.82, 2.24) is 9.97 Å². The second-order valence-electron chi connectivity index (χ2n) is 3.03. The van der Waals surface area contributed by atoms with Gasteiger partial charge in [-0.3, -0.25) is 4.98 Å². The maximum Gasteiger partial charge on any atom is 0.347 e. The number of anilines is 1. The van der Waals surface area contributed by atoms with Crippen LogP contribution in [-0.2, 0) is 6.54 Å². The number of aromatic amines is 1. The molecule has 2 rings (SSSR count). The normalized spacial score (nSPS) is 9.69. The Morgan fingerprint density at radius 2 is 2.50 bits per heavy atom. The molecule has 6 heteroatoms. The molecule has 2 aromatic heterocycles. The first kappa shape index (κ1) is 9.98. The van der Waals surface area contributed by atoms with Crippen molar-refractivity contribution in [2.75, 3.05) is 5.32 Å². The highest BCUT2D eigenvalue weighted by Crippen LogP contribution is 2.05. The average molecular weight is 216 g/mol. The monoisotopic (exact) mass is 216 g/mol. The maximum atomic E-state index is 11.1. The minimum absolute atomic E-state index is 0.168. The van der Waals surface area contributed by atoms with E-state index in [4.69, 9.17) is 9.68 Å². The van der Waals surface area contributed by atoms with Gasteiger partial charge in [-0.15, -0.1) is 0 Å². The molecule has 0 bridgehead atoms. The first-order valence-electron chi connectivity index (χ1n) is 4.55. The molecule has 2 N–H and O–H groups in total. The fourth-order valence-electron chi connectivity index (χ4n) is 1.20. The van der Waals surface area contributed by atoms with Gasteiger partial charge in [0.2, 0.25) is 0 Å². The maximum absolute atomic E-state index is 11.1. The van der Waals surface area contributed by atoms with Crippen LogP contribution in [-0.4, -0.2) is 9.97 Å². The SMILES string of the molecule is N#Cc1cc(NCc2ccco2)nc(=O)[nH]1. The molecule has 0 unspecified atom stereocenters. The molecule has 0 amide bonds. The van der Waals surface area contributed by atoms with Crippen LogP contribution in [0.4, 0.5) is 5.82 Å². The van der Waals surface area contributed by atoms with Crippen LogP contribution in [0.2, 0.25) is 0 Å². The van der Waals surface area contributed by atoms with Crippen molar-refractivity contribution in [1.29, 1.82) is 5.26 Å². The van der Waals surface area contributed by atoms with E-state index >= 15 is 0 Å². The third-order valence-corrected chi connectivity index (χ3v) is 1.89. The van der Waals surface area contributed by atoms with Gasteiger partial charge in [-0.2, -0.15) is 10.2 Å². The predicted octanol–water partition coefficient (Wildman–Crippen LogP) is 0.847. The predicted molar refractivity (Wildman–Crippen MR) is 55.6 cm³/mol. The number of hydrogen-bond donors (Lipinski definition) is 2. The van der Waals surface area contributed by atoms with E-state index in [2.05, 4.69) is 15.3 Å². The molecule has 2 aromatic rings. The molecular formula is C10H8N4O2. The molecule has 0 aliphatic carbocycles. The van der Waals surface area contributed by atoms with E-state index in [9.17, 15) is 4.79 Å². The molecule has 0 spiro atoms. The number of rotatable bonds is 3. The smallest absolute Gasteiger partial charge is 0.347 e. The topological polar surface area (TPSA) is 94.7 Å². The Hall–Kier alpha value is -2.55. The molecule has 0 aliphatic rings. The molecule has 0 fully saturated rings. The first-order valence-corrected chi connectivity index (χ1v) is 4.55. The third-order valence-electron chi connectivity index (χ3n) is 1.89. The van der Waals surface area contributed by atoms with Gasteiger partial charge in [-0.25, -0.2) is 4.79 Å². The second-order valence-corrected chi connectivity index (χ2v) is 3.03. The standard InChI is InChI=1S/C10H8N4O2/c11-5-7-4-9(14-10(15)13-7)12-6-8-2-1-3-16-8/h1-4H,6H2,(H2,12,13,14,15). The Morgan fingerprint density at radius 1 is 1.62 bits per heavy atom. The largest absolute Gasteiger partial charge is 0.467 e. The molecule has 0 saturated carbocycles. The lowest BCUT2D eigenvalue weighted by molar-refractivity contribution is 0.517. The molecular weight excluding hydrogens is 208 g/mol. The quantitative estimate of drug-likeness (QED) is 0.792. The summed E-state index contributed by atoms with van der Waals surface area (Å²) in [6, 6.07) is 6.87. The van der Waals surface area contributed by atoms with Gasteiger partial charge in [0, 0.05) is 6.07 Å². The van der Waals surface area contributed by atoms with Crippen LogP contribution >= 0.6 is 0 Å². The number of hydrogen-bond acceptors (Lipinski definition) is 5. The number of aromatic nitrogens is 2. The number of H-pyrrole nitrogens is 1. The average Bonchev–Trinajstić information content (AvgIpc) is 2.78. The van der Waals surface area contributed by atoms with E-state index in [1.54, 1.807) is 18.4 Å². The summed E-state index contributed by atoms with van der Waals surface area (Å²) in [7, 11) is 0. The first-order chi connectivity index (χ1) is 7.78. The van der Waals surface area contributed by atoms with Gasteiger partial charge in [0.25, 0.3) is 0 Å². The van der Waals surface area contributed by atoms with Crippen molar-refractivity contribution in [2.45, 2.75) is 6.54 Å². The highest BCUT2D eigenvalue weighted by atomic mass is 16.3. The van der Waals surface area contributed by atoms with Crippen molar-refractivity contribution in [3.05, 3.63) is 46.4 Å². The summed E-state index contributed by atoms with van der Waals surface area (Å²) in [6.07, 6.45) is 1.56. The molecule has 0 aromatic carbocycles. The van der Waals surface area contributed by atoms with E-state index in [1.807, 2.05) is 6.07 Å². The van der Waals surface area contributed by atoms with E-state index < -0.39 is 5.69 Å². The zero-order valence-electron chi connectivity index (χ0n) is 8.23. The number of nitrogens with one attached hydrogen (secondary N) is 2. The zero-order valence-corrected chi connectivity index (χ0v) is 8.23. The van der Waals surface area contributed by atoms with Gasteiger partial charge in [-0.05, 0) is 12.1 Å². The fraction of sp³-hybridized carbons (Fsp3) is 0.100. The van der Waals surface area contributed by atoms with Gasteiger partial charge >= 0.3 is 5.69 Å². The van der Waals surface area contributed by atoms with Crippen LogP contribution in [0.25, 0.3) is 0 Å². The zero-order chi connectivity index (χ0) is 11.4. The van der Waals surface area contributed by atoms with E-state index in [0.717, 1.165) is 5.76 Å². The van der Waals surface area contributed by atoms with Crippen molar-refractivity contribution in [3.8, 4) is 6.07 Å². The summed E-state index contributed by atoms with van der Waals surface area (Å²) in [5, 5.41) is 11.5. The molecule has 2 heterocycles. The number of furan rings is 1. The lowest BCUT2D eigenvalue weighted by Crippen LogP contribution is -2.14. The van der Waals surface area contributed by atoms with Gasteiger partial charge < -0.3 is 9.73 Å². The van der Waals surface area contributed by atoms with Crippen LogP contribution in [0.5, 0.6) is 0 Å². The van der Waals surface area contributed by atoms with Gasteiger partial charge in [0.1, 0.15) is 23.3 Å². The van der Waals surface area contributed by atoms with Crippen molar-refractivity contribution in [2.24, 2.45) is 0 Å². The Morgan fingerprint density at radius 3 is 3.19 bits per heavy atom. The summed E-state index contributed by atoms with van der Waals surface area (Å²) in [6.45, 7) is 0.411. The highest BCUT2D eigenvalue weighted by Gasteiger charge is 2.01. The van der Waals surface area contributed by atoms with Crippen LogP contribution < -0.4 is 11.0 Å². The highest BCUT2D eigenvalue weighted by molar-refractivity contribution is 5.38. The van der Waals surface area contributed by atoms with Crippen molar-refractivity contribution < 1.29 is 4.42 Å². The van der Waals surface area contributed by atoms with Gasteiger partial charge in [0.15, 0.2) is 0 Å². The minimum atomic E-state index is -0.555. The van der Waals surface area contributed by atoms with Gasteiger partial charge in [-0.1, -0.05) is 0 Å². The van der Waals surface area contributed by atoms with Crippen LogP contribution in [0, 0.1) is 11.3 Å². The third kappa shape index (κ3) is 2.27. The van der Waals surface area contributed by atoms with Crippen LogP contribution in [0.15, 0.2) is 33.7 Å². The van der Waals surface area contributed by atoms with E-state index in [0.29, 0.717) is 12.4 Å². The van der Waals surface area contributed by atoms with Gasteiger partial charge in [0.05, 0.1) is 12.8 Å². The van der Waals surface area contributed by atoms with E-state index in [1.165, 1.54) is 6.07 Å². The fourth-order valence-corrected chi connectivity index (χ4v) is 1.20. The molecule has 80 valence electrons. The molecule has 0 atom stereocenters. The molecule has 0 radical (unpaired) electrons. The lowest BCUT2D eigenvalue weighted by Gasteiger charge is -2.02. The molecule has 16 heavy (non-hydrogen) atoms. The van der Waals surface area contributed by atoms with Crippen LogP contribution in [0.1, 0.15) is 11.5 Å². The summed E-state index contributed by atoms with van der Waals surface area (Å²) < 4.78 is 5.10. The summed E-state index contributed by atoms with van der Waals surface area (Å²) >= 11 is 0. The van der Waals surface area contributed by atoms with Crippen molar-refractivity contribution in [3.63, 3.8) is 0 Å². The summed E-state index contributed by atoms with van der Waals surface area (Å²) in [5.41, 5.74) is -0.386. The molecule has 6 nitrogen and oxygen atoms in total. The van der Waals surface area contributed by atoms with Crippen molar-refractivity contribution >= 4 is 5.82 Å². The van der Waals surface area contributed by atoms with E-state index in [-0.39, 0.29) is 5.69 Å². The Labute approximate surface area is 90.6 Å². The second kappa shape index (κ2) is 4.31. The summed E-state index contributed by atoms with van der Waals surface area (Å²) in [4.78, 5) is 17.0. The minimum Gasteiger partial charge on any atom is -0.467 e. The Balaban J connectivity index is 2.13. The summed E-state index contributed by atoms with van der Waals surface area (Å²) in [5.74, 6) is 1.07.